The largest absolute Gasteiger partial charge is 0.493 e. The Kier molecular flexibility index (Phi) is 5.04. The SMILES string of the molecule is COc1ccc(C(=O)NCCc2c(C)noc2C)cc1OC. The number of hydrogen-bond acceptors (Lipinski definition) is 5. The summed E-state index contributed by atoms with van der Waals surface area (Å²) < 4.78 is 15.4. The molecule has 0 atom stereocenters. The number of rotatable bonds is 6. The maximum Gasteiger partial charge on any atom is 0.251 e. The number of ether oxygens (including phenoxy) is 2. The van der Waals surface area contributed by atoms with E-state index >= 15 is 0 Å². The zero-order chi connectivity index (χ0) is 16.1. The van der Waals surface area contributed by atoms with Gasteiger partial charge in [0.25, 0.3) is 5.91 Å². The third-order valence-electron chi connectivity index (χ3n) is 3.49. The van der Waals surface area contributed by atoms with E-state index in [1.807, 2.05) is 13.8 Å². The summed E-state index contributed by atoms with van der Waals surface area (Å²) in [6.45, 7) is 4.27. The Hall–Kier alpha value is -2.50. The van der Waals surface area contributed by atoms with Crippen LogP contribution in [0.2, 0.25) is 0 Å². The number of carbonyl (C=O) groups is 1. The predicted octanol–water partition coefficient (Wildman–Crippen LogP) is 2.28. The normalized spacial score (nSPS) is 10.4. The summed E-state index contributed by atoms with van der Waals surface area (Å²) in [6.07, 6.45) is 0.681. The summed E-state index contributed by atoms with van der Waals surface area (Å²) in [5.74, 6) is 1.75. The van der Waals surface area contributed by atoms with Gasteiger partial charge in [-0.1, -0.05) is 5.16 Å². The van der Waals surface area contributed by atoms with Crippen LogP contribution >= 0.6 is 0 Å². The molecule has 1 aromatic carbocycles. The lowest BCUT2D eigenvalue weighted by Crippen LogP contribution is -2.25. The molecule has 6 heteroatoms. The Morgan fingerprint density at radius 3 is 2.55 bits per heavy atom. The first kappa shape index (κ1) is 15.9. The van der Waals surface area contributed by atoms with Crippen molar-refractivity contribution in [1.29, 1.82) is 0 Å². The van der Waals surface area contributed by atoms with Gasteiger partial charge in [0.05, 0.1) is 19.9 Å². The second-order valence-corrected chi connectivity index (χ2v) is 4.88. The van der Waals surface area contributed by atoms with Crippen LogP contribution in [0.5, 0.6) is 11.5 Å². The molecule has 2 rings (SSSR count). The minimum absolute atomic E-state index is 0.160. The van der Waals surface area contributed by atoms with Crippen molar-refractivity contribution in [3.63, 3.8) is 0 Å². The molecular weight excluding hydrogens is 284 g/mol. The van der Waals surface area contributed by atoms with Gasteiger partial charge in [0.1, 0.15) is 5.76 Å². The highest BCUT2D eigenvalue weighted by molar-refractivity contribution is 5.94. The number of carbonyl (C=O) groups excluding carboxylic acids is 1. The van der Waals surface area contributed by atoms with Gasteiger partial charge in [-0.25, -0.2) is 0 Å². The maximum absolute atomic E-state index is 12.2. The zero-order valence-electron chi connectivity index (χ0n) is 13.2. The average molecular weight is 304 g/mol. The lowest BCUT2D eigenvalue weighted by molar-refractivity contribution is 0.0953. The Morgan fingerprint density at radius 1 is 1.23 bits per heavy atom. The van der Waals surface area contributed by atoms with Gasteiger partial charge >= 0.3 is 0 Å². The molecule has 0 aliphatic carbocycles. The van der Waals surface area contributed by atoms with Crippen molar-refractivity contribution in [3.8, 4) is 11.5 Å². The molecule has 0 saturated heterocycles. The lowest BCUT2D eigenvalue weighted by Gasteiger charge is -2.10. The lowest BCUT2D eigenvalue weighted by atomic mass is 10.1. The molecule has 0 aliphatic rings. The van der Waals surface area contributed by atoms with Gasteiger partial charge in [-0.05, 0) is 38.5 Å². The number of hydrogen-bond donors (Lipinski definition) is 1. The van der Waals surface area contributed by atoms with Crippen LogP contribution < -0.4 is 14.8 Å². The Morgan fingerprint density at radius 2 is 1.95 bits per heavy atom. The van der Waals surface area contributed by atoms with Gasteiger partial charge in [-0.2, -0.15) is 0 Å². The van der Waals surface area contributed by atoms with E-state index in [4.69, 9.17) is 14.0 Å². The molecule has 1 aromatic heterocycles. The van der Waals surface area contributed by atoms with Crippen LogP contribution in [0, 0.1) is 13.8 Å². The second kappa shape index (κ2) is 6.98. The van der Waals surface area contributed by atoms with E-state index in [1.165, 1.54) is 7.11 Å². The molecule has 0 radical (unpaired) electrons. The van der Waals surface area contributed by atoms with E-state index in [0.29, 0.717) is 30.0 Å². The molecule has 0 fully saturated rings. The summed E-state index contributed by atoms with van der Waals surface area (Å²) in [4.78, 5) is 12.2. The van der Waals surface area contributed by atoms with Crippen LogP contribution in [0.1, 0.15) is 27.4 Å². The number of aromatic nitrogens is 1. The monoisotopic (exact) mass is 304 g/mol. The molecule has 0 spiro atoms. The summed E-state index contributed by atoms with van der Waals surface area (Å²) in [7, 11) is 3.10. The third kappa shape index (κ3) is 3.39. The fourth-order valence-electron chi connectivity index (χ4n) is 2.24. The van der Waals surface area contributed by atoms with E-state index in [9.17, 15) is 4.79 Å². The highest BCUT2D eigenvalue weighted by Crippen LogP contribution is 2.27. The topological polar surface area (TPSA) is 73.6 Å². The first-order chi connectivity index (χ1) is 10.6. The number of methoxy groups -OCH3 is 2. The number of nitrogens with zero attached hydrogens (tertiary/aromatic N) is 1. The Balaban J connectivity index is 1.98. The quantitative estimate of drug-likeness (QED) is 0.886. The summed E-state index contributed by atoms with van der Waals surface area (Å²) in [5.41, 5.74) is 2.42. The molecule has 0 unspecified atom stereocenters. The van der Waals surface area contributed by atoms with Crippen molar-refractivity contribution < 1.29 is 18.8 Å². The maximum atomic E-state index is 12.2. The van der Waals surface area contributed by atoms with Crippen LogP contribution in [-0.4, -0.2) is 31.8 Å². The number of amides is 1. The summed E-state index contributed by atoms with van der Waals surface area (Å²) in [5, 5.41) is 6.77. The van der Waals surface area contributed by atoms with E-state index in [1.54, 1.807) is 25.3 Å². The van der Waals surface area contributed by atoms with Crippen molar-refractivity contribution in [2.45, 2.75) is 20.3 Å². The molecule has 2 aromatic rings. The first-order valence-electron chi connectivity index (χ1n) is 6.98. The molecule has 1 heterocycles. The minimum atomic E-state index is -0.160. The Labute approximate surface area is 129 Å². The van der Waals surface area contributed by atoms with Gasteiger partial charge in [0, 0.05) is 17.7 Å². The molecule has 22 heavy (non-hydrogen) atoms. The van der Waals surface area contributed by atoms with Gasteiger partial charge in [0.15, 0.2) is 11.5 Å². The molecular formula is C16H20N2O4. The summed E-state index contributed by atoms with van der Waals surface area (Å²) in [6, 6.07) is 5.07. The van der Waals surface area contributed by atoms with Crippen molar-refractivity contribution >= 4 is 5.91 Å². The van der Waals surface area contributed by atoms with Crippen molar-refractivity contribution in [3.05, 3.63) is 40.8 Å². The second-order valence-electron chi connectivity index (χ2n) is 4.88. The van der Waals surface area contributed by atoms with E-state index in [2.05, 4.69) is 10.5 Å². The zero-order valence-corrected chi connectivity index (χ0v) is 13.2. The smallest absolute Gasteiger partial charge is 0.251 e. The molecule has 0 bridgehead atoms. The van der Waals surface area contributed by atoms with Crippen LogP contribution in [0.25, 0.3) is 0 Å². The van der Waals surface area contributed by atoms with Gasteiger partial charge in [0.2, 0.25) is 0 Å². The van der Waals surface area contributed by atoms with Crippen LogP contribution in [0.15, 0.2) is 22.7 Å². The average Bonchev–Trinajstić information content (AvgIpc) is 2.85. The van der Waals surface area contributed by atoms with E-state index < -0.39 is 0 Å². The number of benzene rings is 1. The molecule has 0 saturated carbocycles. The third-order valence-corrected chi connectivity index (χ3v) is 3.49. The van der Waals surface area contributed by atoms with Crippen molar-refractivity contribution in [1.82, 2.24) is 10.5 Å². The number of nitrogens with one attached hydrogen (secondary N) is 1. The molecule has 1 amide bonds. The van der Waals surface area contributed by atoms with Crippen LogP contribution in [0.4, 0.5) is 0 Å². The Bertz CT molecular complexity index is 645. The molecule has 1 N–H and O–H groups in total. The summed E-state index contributed by atoms with van der Waals surface area (Å²) >= 11 is 0. The van der Waals surface area contributed by atoms with E-state index in [0.717, 1.165) is 17.0 Å². The number of aryl methyl sites for hydroxylation is 2. The first-order valence-corrected chi connectivity index (χ1v) is 6.98. The van der Waals surface area contributed by atoms with Gasteiger partial charge in [-0.3, -0.25) is 4.79 Å². The predicted molar refractivity (Wildman–Crippen MR) is 81.6 cm³/mol. The highest BCUT2D eigenvalue weighted by Gasteiger charge is 2.12. The van der Waals surface area contributed by atoms with Crippen molar-refractivity contribution in [2.24, 2.45) is 0 Å². The van der Waals surface area contributed by atoms with Gasteiger partial charge in [-0.15, -0.1) is 0 Å². The fraction of sp³-hybridized carbons (Fsp3) is 0.375. The van der Waals surface area contributed by atoms with Gasteiger partial charge < -0.3 is 19.3 Å². The van der Waals surface area contributed by atoms with E-state index in [-0.39, 0.29) is 5.91 Å². The highest BCUT2D eigenvalue weighted by atomic mass is 16.5. The van der Waals surface area contributed by atoms with Crippen LogP contribution in [0.3, 0.4) is 0 Å². The molecule has 0 aliphatic heterocycles. The minimum Gasteiger partial charge on any atom is -0.493 e. The molecule has 118 valence electrons. The fourth-order valence-corrected chi connectivity index (χ4v) is 2.24. The van der Waals surface area contributed by atoms with Crippen LogP contribution in [-0.2, 0) is 6.42 Å². The van der Waals surface area contributed by atoms with Crippen molar-refractivity contribution in [2.75, 3.05) is 20.8 Å². The standard InChI is InChI=1S/C16H20N2O4/c1-10-13(11(2)22-18-10)7-8-17-16(19)12-5-6-14(20-3)15(9-12)21-4/h5-6,9H,7-8H2,1-4H3,(H,17,19). The molecule has 6 nitrogen and oxygen atoms in total.